The van der Waals surface area contributed by atoms with E-state index in [-0.39, 0.29) is 0 Å². The van der Waals surface area contributed by atoms with Gasteiger partial charge in [-0.25, -0.2) is 0 Å². The van der Waals surface area contributed by atoms with E-state index in [1.165, 1.54) is 12.8 Å². The summed E-state index contributed by atoms with van der Waals surface area (Å²) in [5.41, 5.74) is 7.43. The lowest BCUT2D eigenvalue weighted by Crippen LogP contribution is -2.12. The van der Waals surface area contributed by atoms with Gasteiger partial charge in [-0.05, 0) is 30.9 Å². The number of nitrogen functional groups attached to an aromatic ring is 1. The Morgan fingerprint density at radius 3 is 2.89 bits per heavy atom. The lowest BCUT2D eigenvalue weighted by molar-refractivity contribution is 0.324. The van der Waals surface area contributed by atoms with Crippen LogP contribution in [0.15, 0.2) is 28.8 Å². The molecule has 0 bridgehead atoms. The molecular weight excluding hydrogens is 238 g/mol. The summed E-state index contributed by atoms with van der Waals surface area (Å²) in [7, 11) is 0. The highest BCUT2D eigenvalue weighted by molar-refractivity contribution is 5.69. The number of hydrogen-bond donors (Lipinski definition) is 1. The Kier molecular flexibility index (Phi) is 3.23. The second-order valence-corrected chi connectivity index (χ2v) is 5.51. The third-order valence-corrected chi connectivity index (χ3v) is 3.93. The zero-order valence-corrected chi connectivity index (χ0v) is 11.2. The van der Waals surface area contributed by atoms with Crippen molar-refractivity contribution in [3.8, 4) is 11.5 Å². The largest absolute Gasteiger partial charge is 0.398 e. The average Bonchev–Trinajstić information content (AvgIpc) is 2.89. The standard InChI is InChI=1S/C15H19N3O/c1-10-5-4-6-11(9-10)14-17-15(19-18-14)12-7-2-3-8-13(12)16/h2-3,7-8,10-11H,4-6,9,16H2,1H3. The van der Waals surface area contributed by atoms with Gasteiger partial charge in [-0.3, -0.25) is 0 Å². The van der Waals surface area contributed by atoms with Crippen molar-refractivity contribution in [3.05, 3.63) is 30.1 Å². The number of nitrogens with zero attached hydrogens (tertiary/aromatic N) is 2. The lowest BCUT2D eigenvalue weighted by atomic mass is 9.82. The molecule has 1 aliphatic carbocycles. The molecule has 4 heteroatoms. The molecule has 2 unspecified atom stereocenters. The van der Waals surface area contributed by atoms with Crippen LogP contribution in [-0.4, -0.2) is 10.1 Å². The summed E-state index contributed by atoms with van der Waals surface area (Å²) in [6.07, 6.45) is 4.88. The van der Waals surface area contributed by atoms with Gasteiger partial charge in [-0.15, -0.1) is 0 Å². The predicted octanol–water partition coefficient (Wildman–Crippen LogP) is 3.61. The van der Waals surface area contributed by atoms with Gasteiger partial charge in [0.05, 0.1) is 5.56 Å². The molecule has 2 N–H and O–H groups in total. The van der Waals surface area contributed by atoms with Crippen molar-refractivity contribution in [3.63, 3.8) is 0 Å². The van der Waals surface area contributed by atoms with Crippen LogP contribution in [0.25, 0.3) is 11.5 Å². The van der Waals surface area contributed by atoms with Crippen LogP contribution in [0.2, 0.25) is 0 Å². The Labute approximate surface area is 113 Å². The van der Waals surface area contributed by atoms with Crippen LogP contribution in [0.3, 0.4) is 0 Å². The molecular formula is C15H19N3O. The number of rotatable bonds is 2. The van der Waals surface area contributed by atoms with E-state index < -0.39 is 0 Å². The number of hydrogen-bond acceptors (Lipinski definition) is 4. The van der Waals surface area contributed by atoms with Gasteiger partial charge >= 0.3 is 0 Å². The Hall–Kier alpha value is -1.84. The topological polar surface area (TPSA) is 64.9 Å². The summed E-state index contributed by atoms with van der Waals surface area (Å²) >= 11 is 0. The minimum absolute atomic E-state index is 0.436. The van der Waals surface area contributed by atoms with E-state index in [0.717, 1.165) is 30.1 Å². The average molecular weight is 257 g/mol. The molecule has 2 atom stereocenters. The molecule has 1 saturated carbocycles. The number of benzene rings is 1. The fraction of sp³-hybridized carbons (Fsp3) is 0.467. The number of para-hydroxylation sites is 1. The Balaban J connectivity index is 1.85. The van der Waals surface area contributed by atoms with Gasteiger partial charge in [0.15, 0.2) is 5.82 Å². The van der Waals surface area contributed by atoms with Gasteiger partial charge in [0, 0.05) is 11.6 Å². The normalized spacial score (nSPS) is 23.4. The van der Waals surface area contributed by atoms with E-state index in [1.807, 2.05) is 24.3 Å². The quantitative estimate of drug-likeness (QED) is 0.835. The van der Waals surface area contributed by atoms with E-state index in [0.29, 0.717) is 17.5 Å². The van der Waals surface area contributed by atoms with Gasteiger partial charge in [0.2, 0.25) is 0 Å². The minimum Gasteiger partial charge on any atom is -0.398 e. The SMILES string of the molecule is CC1CCCC(c2noc(-c3ccccc3N)n2)C1. The fourth-order valence-corrected chi connectivity index (χ4v) is 2.87. The molecule has 1 aliphatic rings. The van der Waals surface area contributed by atoms with E-state index in [4.69, 9.17) is 10.3 Å². The first kappa shape index (κ1) is 12.2. The van der Waals surface area contributed by atoms with Crippen molar-refractivity contribution in [1.82, 2.24) is 10.1 Å². The molecule has 0 spiro atoms. The van der Waals surface area contributed by atoms with E-state index >= 15 is 0 Å². The van der Waals surface area contributed by atoms with Gasteiger partial charge in [0.1, 0.15) is 0 Å². The number of anilines is 1. The molecule has 0 saturated heterocycles. The highest BCUT2D eigenvalue weighted by Gasteiger charge is 2.25. The summed E-state index contributed by atoms with van der Waals surface area (Å²) < 4.78 is 5.38. The Morgan fingerprint density at radius 2 is 2.11 bits per heavy atom. The Morgan fingerprint density at radius 1 is 1.26 bits per heavy atom. The van der Waals surface area contributed by atoms with Crippen molar-refractivity contribution in [2.75, 3.05) is 5.73 Å². The van der Waals surface area contributed by atoms with Crippen LogP contribution in [0, 0.1) is 5.92 Å². The molecule has 3 rings (SSSR count). The van der Waals surface area contributed by atoms with Crippen LogP contribution in [0.5, 0.6) is 0 Å². The zero-order chi connectivity index (χ0) is 13.2. The van der Waals surface area contributed by atoms with E-state index in [2.05, 4.69) is 17.1 Å². The molecule has 19 heavy (non-hydrogen) atoms. The monoisotopic (exact) mass is 257 g/mol. The second kappa shape index (κ2) is 5.03. The predicted molar refractivity (Wildman–Crippen MR) is 74.5 cm³/mol. The summed E-state index contributed by atoms with van der Waals surface area (Å²) in [6, 6.07) is 7.59. The van der Waals surface area contributed by atoms with Crippen molar-refractivity contribution < 1.29 is 4.52 Å². The van der Waals surface area contributed by atoms with Crippen LogP contribution >= 0.6 is 0 Å². The highest BCUT2D eigenvalue weighted by atomic mass is 16.5. The maximum absolute atomic E-state index is 5.93. The summed E-state index contributed by atoms with van der Waals surface area (Å²) in [5, 5.41) is 4.15. The van der Waals surface area contributed by atoms with Gasteiger partial charge in [0.25, 0.3) is 5.89 Å². The van der Waals surface area contributed by atoms with Crippen molar-refractivity contribution in [1.29, 1.82) is 0 Å². The number of aromatic nitrogens is 2. The first-order valence-corrected chi connectivity index (χ1v) is 6.92. The van der Waals surface area contributed by atoms with E-state index in [9.17, 15) is 0 Å². The number of nitrogens with two attached hydrogens (primary N) is 1. The molecule has 1 heterocycles. The smallest absolute Gasteiger partial charge is 0.260 e. The van der Waals surface area contributed by atoms with Crippen molar-refractivity contribution >= 4 is 5.69 Å². The molecule has 4 nitrogen and oxygen atoms in total. The zero-order valence-electron chi connectivity index (χ0n) is 11.2. The maximum atomic E-state index is 5.93. The van der Waals surface area contributed by atoms with E-state index in [1.54, 1.807) is 0 Å². The van der Waals surface area contributed by atoms with Gasteiger partial charge in [-0.2, -0.15) is 4.98 Å². The second-order valence-electron chi connectivity index (χ2n) is 5.51. The first-order valence-electron chi connectivity index (χ1n) is 6.92. The summed E-state index contributed by atoms with van der Waals surface area (Å²) in [5.74, 6) is 2.56. The third kappa shape index (κ3) is 2.48. The molecule has 1 fully saturated rings. The summed E-state index contributed by atoms with van der Waals surface area (Å²) in [4.78, 5) is 4.54. The molecule has 0 aliphatic heterocycles. The van der Waals surface area contributed by atoms with Gasteiger partial charge < -0.3 is 10.3 Å². The minimum atomic E-state index is 0.436. The molecule has 100 valence electrons. The van der Waals surface area contributed by atoms with Crippen molar-refractivity contribution in [2.45, 2.75) is 38.5 Å². The molecule has 2 aromatic rings. The van der Waals surface area contributed by atoms with Gasteiger partial charge in [-0.1, -0.05) is 37.1 Å². The molecule has 1 aromatic heterocycles. The third-order valence-electron chi connectivity index (χ3n) is 3.93. The lowest BCUT2D eigenvalue weighted by Gasteiger charge is -2.23. The van der Waals surface area contributed by atoms with Crippen molar-refractivity contribution in [2.24, 2.45) is 5.92 Å². The van der Waals surface area contributed by atoms with Crippen LogP contribution < -0.4 is 5.73 Å². The summed E-state index contributed by atoms with van der Waals surface area (Å²) in [6.45, 7) is 2.29. The molecule has 0 radical (unpaired) electrons. The fourth-order valence-electron chi connectivity index (χ4n) is 2.87. The molecule has 1 aromatic carbocycles. The first-order chi connectivity index (χ1) is 9.24. The van der Waals surface area contributed by atoms with Crippen LogP contribution in [-0.2, 0) is 0 Å². The maximum Gasteiger partial charge on any atom is 0.260 e. The molecule has 0 amide bonds. The highest BCUT2D eigenvalue weighted by Crippen LogP contribution is 2.35. The van der Waals surface area contributed by atoms with Crippen LogP contribution in [0.1, 0.15) is 44.3 Å². The van der Waals surface area contributed by atoms with Crippen LogP contribution in [0.4, 0.5) is 5.69 Å². The Bertz CT molecular complexity index is 564.